The minimum Gasteiger partial charge on any atom is -0.465 e. The molecule has 0 aromatic carbocycles. The lowest BCUT2D eigenvalue weighted by Crippen LogP contribution is -2.27. The highest BCUT2D eigenvalue weighted by Crippen LogP contribution is 2.28. The molecule has 1 rings (SSSR count). The first kappa shape index (κ1) is 14.3. The van der Waals surface area contributed by atoms with Gasteiger partial charge in [-0.3, -0.25) is 14.9 Å². The van der Waals surface area contributed by atoms with Gasteiger partial charge in [-0.05, 0) is 25.7 Å². The second kappa shape index (κ2) is 6.28. The summed E-state index contributed by atoms with van der Waals surface area (Å²) >= 11 is 0. The average molecular weight is 255 g/mol. The third-order valence-corrected chi connectivity index (χ3v) is 3.17. The number of hydrogen-bond donors (Lipinski definition) is 0. The number of carbonyl (C=O) groups excluding carboxylic acids is 2. The average Bonchev–Trinajstić information content (AvgIpc) is 2.35. The number of methoxy groups -OCH3 is 1. The topological polar surface area (TPSA) is 86.5 Å². The van der Waals surface area contributed by atoms with Crippen LogP contribution in [0.15, 0.2) is 11.6 Å². The van der Waals surface area contributed by atoms with Crippen LogP contribution in [-0.2, 0) is 14.3 Å². The summed E-state index contributed by atoms with van der Waals surface area (Å²) < 4.78 is 4.53. The quantitative estimate of drug-likeness (QED) is 0.190. The molecule has 0 spiro atoms. The van der Waals surface area contributed by atoms with Gasteiger partial charge in [0, 0.05) is 17.8 Å². The molecule has 1 fully saturated rings. The molecule has 0 saturated heterocycles. The van der Waals surface area contributed by atoms with Crippen molar-refractivity contribution in [2.24, 2.45) is 5.92 Å². The molecule has 0 radical (unpaired) electrons. The summed E-state index contributed by atoms with van der Waals surface area (Å²) in [6.07, 6.45) is 3.97. The van der Waals surface area contributed by atoms with Gasteiger partial charge in [0.1, 0.15) is 0 Å². The van der Waals surface area contributed by atoms with Gasteiger partial charge < -0.3 is 4.74 Å². The van der Waals surface area contributed by atoms with E-state index in [1.54, 1.807) is 0 Å². The van der Waals surface area contributed by atoms with Crippen molar-refractivity contribution in [2.75, 3.05) is 7.11 Å². The zero-order valence-corrected chi connectivity index (χ0v) is 10.5. The Balaban J connectivity index is 2.81. The van der Waals surface area contributed by atoms with Crippen molar-refractivity contribution in [1.82, 2.24) is 0 Å². The Morgan fingerprint density at radius 2 is 2.06 bits per heavy atom. The first-order chi connectivity index (χ1) is 8.45. The molecule has 0 amide bonds. The molecule has 2 unspecified atom stereocenters. The number of allylic oxidation sites excluding steroid dienone is 1. The van der Waals surface area contributed by atoms with Gasteiger partial charge in [-0.15, -0.1) is 0 Å². The lowest BCUT2D eigenvalue weighted by Gasteiger charge is -2.22. The number of hydrogen-bond acceptors (Lipinski definition) is 5. The van der Waals surface area contributed by atoms with Crippen molar-refractivity contribution in [2.45, 2.75) is 38.6 Å². The summed E-state index contributed by atoms with van der Waals surface area (Å²) in [6, 6.07) is -0.578. The first-order valence-electron chi connectivity index (χ1n) is 5.90. The number of ketones is 1. The molecular weight excluding hydrogens is 238 g/mol. The lowest BCUT2D eigenvalue weighted by molar-refractivity contribution is -0.527. The van der Waals surface area contributed by atoms with Crippen molar-refractivity contribution in [3.05, 3.63) is 21.8 Å². The Morgan fingerprint density at radius 1 is 1.39 bits per heavy atom. The maximum atomic E-state index is 11.4. The normalized spacial score (nSPS) is 24.4. The predicted molar refractivity (Wildman–Crippen MR) is 63.5 cm³/mol. The maximum absolute atomic E-state index is 11.4. The minimum absolute atomic E-state index is 0.00787. The van der Waals surface area contributed by atoms with Gasteiger partial charge in [-0.25, -0.2) is 4.79 Å². The summed E-state index contributed by atoms with van der Waals surface area (Å²) in [5.74, 6) is -1.15. The number of carbonyl (C=O) groups is 2. The molecule has 0 N–H and O–H groups in total. The molecule has 1 aliphatic carbocycles. The zero-order chi connectivity index (χ0) is 13.7. The van der Waals surface area contributed by atoms with Crippen molar-refractivity contribution in [3.63, 3.8) is 0 Å². The molecule has 1 saturated carbocycles. The zero-order valence-electron chi connectivity index (χ0n) is 10.5. The van der Waals surface area contributed by atoms with Gasteiger partial charge in [-0.2, -0.15) is 0 Å². The predicted octanol–water partition coefficient (Wildman–Crippen LogP) is 1.51. The third-order valence-electron chi connectivity index (χ3n) is 3.17. The summed E-state index contributed by atoms with van der Waals surface area (Å²) in [4.78, 5) is 33.2. The van der Waals surface area contributed by atoms with Crippen LogP contribution in [0.2, 0.25) is 0 Å². The second-order valence-electron chi connectivity index (χ2n) is 4.49. The van der Waals surface area contributed by atoms with Crippen molar-refractivity contribution in [1.29, 1.82) is 0 Å². The number of ether oxygens (including phenoxy) is 1. The SMILES string of the molecule is COC(=O)/C(=C/C1CCCC([N+](=O)[O-])C1)C(C)=O. The Kier molecular flexibility index (Phi) is 5.00. The van der Waals surface area contributed by atoms with E-state index < -0.39 is 12.0 Å². The van der Waals surface area contributed by atoms with Gasteiger partial charge in [0.15, 0.2) is 5.78 Å². The Morgan fingerprint density at radius 3 is 2.56 bits per heavy atom. The van der Waals surface area contributed by atoms with Crippen LogP contribution in [0, 0.1) is 16.0 Å². The lowest BCUT2D eigenvalue weighted by atomic mass is 9.84. The number of nitro groups is 1. The van der Waals surface area contributed by atoms with Crippen molar-refractivity contribution < 1.29 is 19.2 Å². The molecule has 1 aliphatic rings. The first-order valence-corrected chi connectivity index (χ1v) is 5.90. The van der Waals surface area contributed by atoms with Crippen LogP contribution in [0.25, 0.3) is 0 Å². The molecule has 18 heavy (non-hydrogen) atoms. The molecular formula is C12H17NO5. The molecule has 0 aromatic heterocycles. The number of esters is 1. The van der Waals surface area contributed by atoms with Crippen molar-refractivity contribution >= 4 is 11.8 Å². The van der Waals surface area contributed by atoms with Crippen LogP contribution < -0.4 is 0 Å². The van der Waals surface area contributed by atoms with Crippen LogP contribution in [-0.4, -0.2) is 29.8 Å². The molecule has 100 valence electrons. The highest BCUT2D eigenvalue weighted by atomic mass is 16.6. The highest BCUT2D eigenvalue weighted by Gasteiger charge is 2.29. The van der Waals surface area contributed by atoms with E-state index in [0.29, 0.717) is 12.8 Å². The van der Waals surface area contributed by atoms with E-state index in [0.717, 1.165) is 12.8 Å². The highest BCUT2D eigenvalue weighted by molar-refractivity contribution is 6.16. The van der Waals surface area contributed by atoms with E-state index in [4.69, 9.17) is 0 Å². The molecule has 0 bridgehead atoms. The van der Waals surface area contributed by atoms with Crippen LogP contribution in [0.4, 0.5) is 0 Å². The molecule has 0 aliphatic heterocycles. The van der Waals surface area contributed by atoms with E-state index >= 15 is 0 Å². The van der Waals surface area contributed by atoms with Crippen LogP contribution in [0.5, 0.6) is 0 Å². The minimum atomic E-state index is -0.675. The van der Waals surface area contributed by atoms with Gasteiger partial charge in [0.25, 0.3) is 0 Å². The maximum Gasteiger partial charge on any atom is 0.341 e. The molecule has 6 nitrogen and oxygen atoms in total. The fourth-order valence-electron chi connectivity index (χ4n) is 2.22. The Hall–Kier alpha value is -1.72. The van der Waals surface area contributed by atoms with E-state index in [1.165, 1.54) is 20.1 Å². The standard InChI is InChI=1S/C12H17NO5/c1-8(14)11(12(15)18-2)7-9-4-3-5-10(6-9)13(16)17/h7,9-10H,3-6H2,1-2H3/b11-7+. The van der Waals surface area contributed by atoms with E-state index in [1.807, 2.05) is 0 Å². The van der Waals surface area contributed by atoms with Crippen LogP contribution in [0.3, 0.4) is 0 Å². The van der Waals surface area contributed by atoms with E-state index in [-0.39, 0.29) is 22.2 Å². The van der Waals surface area contributed by atoms with Gasteiger partial charge in [-0.1, -0.05) is 6.08 Å². The number of Topliss-reactive ketones (excluding diaryl/α,β-unsaturated/α-hetero) is 1. The Labute approximate surface area is 105 Å². The molecule has 6 heteroatoms. The molecule has 2 atom stereocenters. The van der Waals surface area contributed by atoms with E-state index in [2.05, 4.69) is 4.74 Å². The summed E-state index contributed by atoms with van der Waals surface area (Å²) in [5, 5.41) is 10.7. The largest absolute Gasteiger partial charge is 0.465 e. The second-order valence-corrected chi connectivity index (χ2v) is 4.49. The fraction of sp³-hybridized carbons (Fsp3) is 0.667. The molecule has 0 aromatic rings. The smallest absolute Gasteiger partial charge is 0.341 e. The van der Waals surface area contributed by atoms with Crippen LogP contribution in [0.1, 0.15) is 32.6 Å². The van der Waals surface area contributed by atoms with Crippen LogP contribution >= 0.6 is 0 Å². The molecule has 0 heterocycles. The third kappa shape index (κ3) is 3.65. The Bertz CT molecular complexity index is 388. The van der Waals surface area contributed by atoms with Gasteiger partial charge >= 0.3 is 5.97 Å². The number of nitrogens with zero attached hydrogens (tertiary/aromatic N) is 1. The summed E-state index contributed by atoms with van der Waals surface area (Å²) in [6.45, 7) is 1.29. The monoisotopic (exact) mass is 255 g/mol. The van der Waals surface area contributed by atoms with Crippen molar-refractivity contribution in [3.8, 4) is 0 Å². The number of rotatable bonds is 4. The fourth-order valence-corrected chi connectivity index (χ4v) is 2.22. The van der Waals surface area contributed by atoms with E-state index in [9.17, 15) is 19.7 Å². The summed E-state index contributed by atoms with van der Waals surface area (Å²) in [7, 11) is 1.21. The summed E-state index contributed by atoms with van der Waals surface area (Å²) in [5.41, 5.74) is -0.00787. The van der Waals surface area contributed by atoms with Gasteiger partial charge in [0.05, 0.1) is 12.7 Å². The van der Waals surface area contributed by atoms with Gasteiger partial charge in [0.2, 0.25) is 6.04 Å².